The van der Waals surface area contributed by atoms with Gasteiger partial charge in [-0.2, -0.15) is 0 Å². The van der Waals surface area contributed by atoms with Gasteiger partial charge in [-0.1, -0.05) is 30.3 Å². The first-order valence-electron chi connectivity index (χ1n) is 8.93. The molecule has 0 saturated carbocycles. The van der Waals surface area contributed by atoms with E-state index in [1.807, 2.05) is 24.3 Å². The predicted molar refractivity (Wildman–Crippen MR) is 112 cm³/mol. The third kappa shape index (κ3) is 5.04. The van der Waals surface area contributed by atoms with Crippen LogP contribution in [0.1, 0.15) is 6.42 Å². The van der Waals surface area contributed by atoms with Crippen molar-refractivity contribution >= 4 is 32.4 Å². The molecule has 0 aliphatic heterocycles. The van der Waals surface area contributed by atoms with E-state index >= 15 is 0 Å². The molecule has 7 nitrogen and oxygen atoms in total. The molecular weight excluding hydrogens is 392 g/mol. The summed E-state index contributed by atoms with van der Waals surface area (Å²) in [5.74, 6) is 0.715. The summed E-state index contributed by atoms with van der Waals surface area (Å²) in [5.41, 5.74) is 0.482. The van der Waals surface area contributed by atoms with Gasteiger partial charge in [-0.05, 0) is 35.0 Å². The molecule has 0 atom stereocenters. The van der Waals surface area contributed by atoms with Crippen LogP contribution in [-0.4, -0.2) is 35.1 Å². The van der Waals surface area contributed by atoms with Gasteiger partial charge in [0.1, 0.15) is 11.5 Å². The summed E-state index contributed by atoms with van der Waals surface area (Å²) < 4.78 is 37.8. The Labute approximate surface area is 169 Å². The van der Waals surface area contributed by atoms with Gasteiger partial charge in [0.25, 0.3) is 0 Å². The molecule has 0 radical (unpaired) electrons. The lowest BCUT2D eigenvalue weighted by Crippen LogP contribution is -2.27. The van der Waals surface area contributed by atoms with Crippen molar-refractivity contribution in [1.29, 1.82) is 0 Å². The number of carbonyl (C=O) groups excluding carboxylic acids is 1. The Hall–Kier alpha value is -3.10. The Balaban J connectivity index is 1.60. The molecule has 0 aliphatic carbocycles. The van der Waals surface area contributed by atoms with Gasteiger partial charge in [-0.25, -0.2) is 13.1 Å². The summed E-state index contributed by atoms with van der Waals surface area (Å²) in [6.07, 6.45) is -0.0258. The molecule has 0 spiro atoms. The van der Waals surface area contributed by atoms with Crippen molar-refractivity contribution in [3.63, 3.8) is 0 Å². The number of methoxy groups -OCH3 is 2. The fourth-order valence-electron chi connectivity index (χ4n) is 2.83. The zero-order valence-electron chi connectivity index (χ0n) is 16.1. The summed E-state index contributed by atoms with van der Waals surface area (Å²) >= 11 is 0. The zero-order valence-corrected chi connectivity index (χ0v) is 17.0. The summed E-state index contributed by atoms with van der Waals surface area (Å²) in [4.78, 5) is 12.4. The number of anilines is 1. The molecule has 0 unspecified atom stereocenters. The van der Waals surface area contributed by atoms with Crippen molar-refractivity contribution in [2.24, 2.45) is 0 Å². The number of fused-ring (bicyclic) bond motifs is 1. The summed E-state index contributed by atoms with van der Waals surface area (Å²) in [6, 6.07) is 17.4. The van der Waals surface area contributed by atoms with Gasteiger partial charge in [-0.3, -0.25) is 4.79 Å². The van der Waals surface area contributed by atoms with Crippen molar-refractivity contribution < 1.29 is 22.7 Å². The minimum Gasteiger partial charge on any atom is -0.497 e. The molecule has 0 heterocycles. The molecule has 1 amide bonds. The van der Waals surface area contributed by atoms with Crippen molar-refractivity contribution in [2.45, 2.75) is 11.3 Å². The molecule has 0 saturated heterocycles. The first kappa shape index (κ1) is 20.6. The average Bonchev–Trinajstić information content (AvgIpc) is 2.73. The maximum Gasteiger partial charge on any atom is 0.240 e. The third-order valence-corrected chi connectivity index (χ3v) is 5.82. The number of hydrogen-bond donors (Lipinski definition) is 2. The van der Waals surface area contributed by atoms with Crippen LogP contribution in [0.15, 0.2) is 65.6 Å². The highest BCUT2D eigenvalue weighted by Gasteiger charge is 2.15. The average molecular weight is 414 g/mol. The van der Waals surface area contributed by atoms with E-state index in [0.29, 0.717) is 17.2 Å². The van der Waals surface area contributed by atoms with Crippen LogP contribution in [0.25, 0.3) is 10.8 Å². The molecule has 2 N–H and O–H groups in total. The molecule has 3 aromatic rings. The van der Waals surface area contributed by atoms with E-state index in [4.69, 9.17) is 9.47 Å². The van der Waals surface area contributed by atoms with Crippen LogP contribution in [0.5, 0.6) is 11.5 Å². The Morgan fingerprint density at radius 3 is 2.41 bits per heavy atom. The van der Waals surface area contributed by atoms with Gasteiger partial charge in [-0.15, -0.1) is 0 Å². The highest BCUT2D eigenvalue weighted by Crippen LogP contribution is 2.29. The predicted octanol–water partition coefficient (Wildman–Crippen LogP) is 3.16. The molecule has 152 valence electrons. The molecule has 8 heteroatoms. The van der Waals surface area contributed by atoms with Crippen LogP contribution in [0.3, 0.4) is 0 Å². The number of rotatable bonds is 8. The second-order valence-electron chi connectivity index (χ2n) is 6.27. The van der Waals surface area contributed by atoms with E-state index in [-0.39, 0.29) is 23.8 Å². The quantitative estimate of drug-likeness (QED) is 0.591. The smallest absolute Gasteiger partial charge is 0.240 e. The highest BCUT2D eigenvalue weighted by molar-refractivity contribution is 7.89. The minimum atomic E-state index is -3.71. The third-order valence-electron chi connectivity index (χ3n) is 4.36. The Morgan fingerprint density at radius 1 is 0.931 bits per heavy atom. The van der Waals surface area contributed by atoms with Gasteiger partial charge < -0.3 is 14.8 Å². The van der Waals surface area contributed by atoms with E-state index in [1.165, 1.54) is 14.2 Å². The maximum atomic E-state index is 12.5. The normalized spacial score (nSPS) is 11.2. The number of carbonyl (C=O) groups is 1. The van der Waals surface area contributed by atoms with Crippen LogP contribution < -0.4 is 19.5 Å². The van der Waals surface area contributed by atoms with E-state index in [0.717, 1.165) is 10.8 Å². The van der Waals surface area contributed by atoms with Crippen LogP contribution in [0.4, 0.5) is 5.69 Å². The summed E-state index contributed by atoms with van der Waals surface area (Å²) in [6.45, 7) is -0.0283. The maximum absolute atomic E-state index is 12.5. The number of hydrogen-bond acceptors (Lipinski definition) is 5. The highest BCUT2D eigenvalue weighted by atomic mass is 32.2. The first-order chi connectivity index (χ1) is 13.9. The molecular formula is C21H22N2O5S. The molecule has 0 aromatic heterocycles. The standard InChI is InChI=1S/C21H22N2O5S/c1-27-17-8-10-19(20(14-17)28-2)23-21(24)11-12-22-29(25,26)18-9-7-15-5-3-4-6-16(15)13-18/h3-10,13-14,22H,11-12H2,1-2H3,(H,23,24). The number of ether oxygens (including phenoxy) is 2. The number of nitrogens with one attached hydrogen (secondary N) is 2. The van der Waals surface area contributed by atoms with Crippen molar-refractivity contribution in [2.75, 3.05) is 26.1 Å². The summed E-state index contributed by atoms with van der Waals surface area (Å²) in [5, 5.41) is 4.50. The molecule has 29 heavy (non-hydrogen) atoms. The fourth-order valence-corrected chi connectivity index (χ4v) is 3.90. The van der Waals surface area contributed by atoms with E-state index in [2.05, 4.69) is 10.0 Å². The van der Waals surface area contributed by atoms with Crippen molar-refractivity contribution in [3.05, 3.63) is 60.7 Å². The van der Waals surface area contributed by atoms with Gasteiger partial charge in [0, 0.05) is 19.0 Å². The van der Waals surface area contributed by atoms with Crippen molar-refractivity contribution in [3.8, 4) is 11.5 Å². The van der Waals surface area contributed by atoms with Crippen molar-refractivity contribution in [1.82, 2.24) is 4.72 Å². The number of amides is 1. The molecule has 3 rings (SSSR count). The van der Waals surface area contributed by atoms with Crippen LogP contribution in [-0.2, 0) is 14.8 Å². The second-order valence-corrected chi connectivity index (χ2v) is 8.04. The number of benzene rings is 3. The number of sulfonamides is 1. The Morgan fingerprint density at radius 2 is 1.69 bits per heavy atom. The van der Waals surface area contributed by atoms with Crippen LogP contribution >= 0.6 is 0 Å². The lowest BCUT2D eigenvalue weighted by molar-refractivity contribution is -0.116. The zero-order chi connectivity index (χ0) is 20.9. The Bertz CT molecular complexity index is 1130. The molecule has 0 bridgehead atoms. The van der Waals surface area contributed by atoms with Gasteiger partial charge in [0.05, 0.1) is 24.8 Å². The van der Waals surface area contributed by atoms with Gasteiger partial charge in [0.2, 0.25) is 15.9 Å². The topological polar surface area (TPSA) is 93.7 Å². The van der Waals surface area contributed by atoms with E-state index in [9.17, 15) is 13.2 Å². The molecule has 0 fully saturated rings. The van der Waals surface area contributed by atoms with Crippen LogP contribution in [0.2, 0.25) is 0 Å². The Kier molecular flexibility index (Phi) is 6.36. The minimum absolute atomic E-state index is 0.0258. The van der Waals surface area contributed by atoms with Gasteiger partial charge in [0.15, 0.2) is 0 Å². The lowest BCUT2D eigenvalue weighted by atomic mass is 10.1. The first-order valence-corrected chi connectivity index (χ1v) is 10.4. The molecule has 3 aromatic carbocycles. The summed E-state index contributed by atoms with van der Waals surface area (Å²) in [7, 11) is -0.689. The molecule has 0 aliphatic rings. The largest absolute Gasteiger partial charge is 0.497 e. The van der Waals surface area contributed by atoms with Gasteiger partial charge >= 0.3 is 0 Å². The monoisotopic (exact) mass is 414 g/mol. The van der Waals surface area contributed by atoms with Crippen LogP contribution in [0, 0.1) is 0 Å². The van der Waals surface area contributed by atoms with E-state index in [1.54, 1.807) is 36.4 Å². The van der Waals surface area contributed by atoms with E-state index < -0.39 is 10.0 Å². The lowest BCUT2D eigenvalue weighted by Gasteiger charge is -2.12. The second kappa shape index (κ2) is 8.93. The fraction of sp³-hybridized carbons (Fsp3) is 0.190. The SMILES string of the molecule is COc1ccc(NC(=O)CCNS(=O)(=O)c2ccc3ccccc3c2)c(OC)c1.